The summed E-state index contributed by atoms with van der Waals surface area (Å²) >= 11 is 0. The summed E-state index contributed by atoms with van der Waals surface area (Å²) in [6, 6.07) is 0. The summed E-state index contributed by atoms with van der Waals surface area (Å²) < 4.78 is 0. The van der Waals surface area contributed by atoms with Crippen LogP contribution in [0.4, 0.5) is 0 Å². The van der Waals surface area contributed by atoms with Crippen molar-refractivity contribution in [3.63, 3.8) is 0 Å². The third-order valence-corrected chi connectivity index (χ3v) is 1.44. The highest BCUT2D eigenvalue weighted by Gasteiger charge is 2.48. The van der Waals surface area contributed by atoms with Gasteiger partial charge in [0.15, 0.2) is 0 Å². The van der Waals surface area contributed by atoms with Gasteiger partial charge in [0.2, 0.25) is 0 Å². The van der Waals surface area contributed by atoms with E-state index in [2.05, 4.69) is 5.29 Å². The summed E-state index contributed by atoms with van der Waals surface area (Å²) in [5.74, 6) is 0. The smallest absolute Gasteiger partial charge is 0.0926 e. The molecule has 0 aliphatic carbocycles. The van der Waals surface area contributed by atoms with Crippen LogP contribution in [0.1, 0.15) is 6.42 Å². The topological polar surface area (TPSA) is 32.7 Å². The zero-order valence-corrected chi connectivity index (χ0v) is 5.32. The van der Waals surface area contributed by atoms with Crippen molar-refractivity contribution in [1.82, 2.24) is 5.01 Å². The van der Waals surface area contributed by atoms with Crippen LogP contribution in [-0.2, 0) is 0 Å². The van der Waals surface area contributed by atoms with Crippen molar-refractivity contribution >= 4 is 31.4 Å². The number of nitroso groups, excluding NO2 is 1. The Balaban J connectivity index is 2.73. The van der Waals surface area contributed by atoms with Crippen molar-refractivity contribution in [1.29, 1.82) is 0 Å². The van der Waals surface area contributed by atoms with Gasteiger partial charge in [-0.25, -0.2) is 0 Å². The van der Waals surface area contributed by atoms with Crippen LogP contribution in [0.25, 0.3) is 0 Å². The molecule has 0 saturated carbocycles. The minimum atomic E-state index is -1.27. The van der Waals surface area contributed by atoms with Crippen LogP contribution in [0, 0.1) is 4.91 Å². The molecular formula is C3H2B4N2O. The quantitative estimate of drug-likeness (QED) is 0.311. The predicted octanol–water partition coefficient (Wildman–Crippen LogP) is -1.64. The van der Waals surface area contributed by atoms with Crippen molar-refractivity contribution in [3.8, 4) is 0 Å². The van der Waals surface area contributed by atoms with Crippen molar-refractivity contribution in [2.75, 3.05) is 0 Å². The first-order chi connectivity index (χ1) is 4.40. The van der Waals surface area contributed by atoms with Crippen LogP contribution in [0.2, 0.25) is 0 Å². The molecule has 0 unspecified atom stereocenters. The normalized spacial score (nSPS) is 27.0. The molecule has 7 heteroatoms. The summed E-state index contributed by atoms with van der Waals surface area (Å²) in [5, 5.41) is 0.674. The van der Waals surface area contributed by atoms with Gasteiger partial charge in [0.25, 0.3) is 0 Å². The fourth-order valence-electron chi connectivity index (χ4n) is 1.05. The molecule has 1 saturated heterocycles. The van der Waals surface area contributed by atoms with Crippen LogP contribution in [0.5, 0.6) is 0 Å². The van der Waals surface area contributed by atoms with E-state index in [9.17, 15) is 4.91 Å². The predicted molar refractivity (Wildman–Crippen MR) is 40.7 cm³/mol. The Morgan fingerprint density at radius 2 is 1.60 bits per heavy atom. The lowest BCUT2D eigenvalue weighted by molar-refractivity contribution is 0.0596. The lowest BCUT2D eigenvalue weighted by Gasteiger charge is -2.59. The van der Waals surface area contributed by atoms with E-state index in [1.165, 1.54) is 0 Å². The summed E-state index contributed by atoms with van der Waals surface area (Å²) in [5.41, 5.74) is 0. The van der Waals surface area contributed by atoms with Gasteiger partial charge in [-0.3, -0.25) is 5.01 Å². The second-order valence-corrected chi connectivity index (χ2v) is 2.55. The Morgan fingerprint density at radius 1 is 1.20 bits per heavy atom. The molecule has 10 heavy (non-hydrogen) atoms. The van der Waals surface area contributed by atoms with Crippen LogP contribution >= 0.6 is 0 Å². The summed E-state index contributed by atoms with van der Waals surface area (Å²) in [6.07, 6.45) is 0.145. The molecule has 0 aromatic rings. The second kappa shape index (κ2) is 1.83. The van der Waals surface area contributed by atoms with E-state index >= 15 is 0 Å². The first-order valence-electron chi connectivity index (χ1n) is 2.69. The second-order valence-electron chi connectivity index (χ2n) is 2.55. The molecule has 1 aliphatic heterocycles. The average molecular weight is 125 g/mol. The number of nitrogens with zero attached hydrogens (tertiary/aromatic N) is 2. The van der Waals surface area contributed by atoms with Crippen LogP contribution < -0.4 is 0 Å². The van der Waals surface area contributed by atoms with Crippen molar-refractivity contribution in [2.24, 2.45) is 5.29 Å². The highest BCUT2D eigenvalue weighted by Crippen LogP contribution is 2.36. The van der Waals surface area contributed by atoms with Crippen molar-refractivity contribution in [3.05, 3.63) is 4.91 Å². The molecule has 1 heterocycles. The Hall–Kier alpha value is -0.340. The molecule has 3 nitrogen and oxygen atoms in total. The lowest BCUT2D eigenvalue weighted by Crippen LogP contribution is -2.73. The van der Waals surface area contributed by atoms with E-state index < -0.39 is 10.7 Å². The van der Waals surface area contributed by atoms with Gasteiger partial charge in [-0.15, -0.1) is 4.91 Å². The Kier molecular flexibility index (Phi) is 1.42. The van der Waals surface area contributed by atoms with Gasteiger partial charge in [0.1, 0.15) is 0 Å². The zero-order chi connectivity index (χ0) is 7.99. The molecule has 0 atom stereocenters. The Morgan fingerprint density at radius 3 is 1.70 bits per heavy atom. The first-order valence-corrected chi connectivity index (χ1v) is 2.69. The maximum atomic E-state index is 9.97. The molecule has 1 rings (SSSR count). The average Bonchev–Trinajstić information content (AvgIpc) is 1.59. The van der Waals surface area contributed by atoms with Crippen molar-refractivity contribution < 1.29 is 0 Å². The van der Waals surface area contributed by atoms with Gasteiger partial charge in [0.05, 0.1) is 36.7 Å². The molecule has 1 fully saturated rings. The van der Waals surface area contributed by atoms with E-state index in [1.807, 2.05) is 0 Å². The Bertz CT molecular complexity index is 156. The van der Waals surface area contributed by atoms with Gasteiger partial charge in [-0.05, 0) is 17.1 Å². The molecule has 0 spiro atoms. The van der Waals surface area contributed by atoms with Gasteiger partial charge >= 0.3 is 0 Å². The van der Waals surface area contributed by atoms with Crippen LogP contribution in [0.3, 0.4) is 0 Å². The van der Waals surface area contributed by atoms with E-state index in [4.69, 9.17) is 31.4 Å². The Labute approximate surface area is 64.5 Å². The minimum Gasteiger partial charge on any atom is -0.284 e. The fourth-order valence-corrected chi connectivity index (χ4v) is 1.05. The third kappa shape index (κ3) is 0.879. The summed E-state index contributed by atoms with van der Waals surface area (Å²) in [6.45, 7) is 0. The number of hydrogen-bond donors (Lipinski definition) is 0. The lowest BCUT2D eigenvalue weighted by atomic mass is 9.39. The summed E-state index contributed by atoms with van der Waals surface area (Å²) in [7, 11) is 21.2. The molecule has 1 aliphatic rings. The highest BCUT2D eigenvalue weighted by molar-refractivity contribution is 6.48. The van der Waals surface area contributed by atoms with Crippen molar-refractivity contribution in [2.45, 2.75) is 17.1 Å². The number of hydrogen-bond acceptors (Lipinski definition) is 2. The SMILES string of the molecule is [B]C1([B])CC([B])([B])N1N=O. The molecular weight excluding hydrogens is 123 g/mol. The zero-order valence-electron chi connectivity index (χ0n) is 5.32. The summed E-state index contributed by atoms with van der Waals surface area (Å²) in [4.78, 5) is 9.97. The maximum absolute atomic E-state index is 9.97. The van der Waals surface area contributed by atoms with Gasteiger partial charge < -0.3 is 0 Å². The molecule has 0 amide bonds. The van der Waals surface area contributed by atoms with E-state index in [0.717, 1.165) is 5.01 Å². The molecule has 0 bridgehead atoms. The molecule has 42 valence electrons. The van der Waals surface area contributed by atoms with Gasteiger partial charge in [-0.2, -0.15) is 0 Å². The van der Waals surface area contributed by atoms with Crippen LogP contribution in [0.15, 0.2) is 5.29 Å². The third-order valence-electron chi connectivity index (χ3n) is 1.44. The molecule has 8 radical (unpaired) electrons. The van der Waals surface area contributed by atoms with Gasteiger partial charge in [-0.1, -0.05) is 0 Å². The highest BCUT2D eigenvalue weighted by atomic mass is 16.3. The minimum absolute atomic E-state index is 0.145. The molecule has 0 aromatic carbocycles. The van der Waals surface area contributed by atoms with E-state index in [1.54, 1.807) is 0 Å². The van der Waals surface area contributed by atoms with E-state index in [0.29, 0.717) is 0 Å². The largest absolute Gasteiger partial charge is 0.284 e. The maximum Gasteiger partial charge on any atom is 0.0926 e. The van der Waals surface area contributed by atoms with E-state index in [-0.39, 0.29) is 6.42 Å². The van der Waals surface area contributed by atoms with Gasteiger partial charge in [0, 0.05) is 0 Å². The molecule has 0 N–H and O–H groups in total. The first kappa shape index (κ1) is 7.76. The monoisotopic (exact) mass is 126 g/mol. The standard InChI is InChI=1S/C3H2B4N2O/c4-2(5)1-3(6,7)9(2)8-10/h1H2. The molecule has 0 aromatic heterocycles. The number of rotatable bonds is 1. The van der Waals surface area contributed by atoms with Crippen LogP contribution in [-0.4, -0.2) is 47.1 Å². The fraction of sp³-hybridized carbons (Fsp3) is 1.00.